The maximum absolute atomic E-state index is 12.6. The molecule has 0 aliphatic carbocycles. The fourth-order valence-electron chi connectivity index (χ4n) is 1.44. The molecule has 1 aromatic carbocycles. The molecule has 2 N–H and O–H groups in total. The summed E-state index contributed by atoms with van der Waals surface area (Å²) in [5.74, 6) is -0.743. The minimum atomic E-state index is -4.96. The van der Waals surface area contributed by atoms with Crippen LogP contribution in [0.2, 0.25) is 0 Å². The lowest BCUT2D eigenvalue weighted by Crippen LogP contribution is -2.30. The maximum atomic E-state index is 12.6. The molecule has 0 saturated carbocycles. The third-order valence-electron chi connectivity index (χ3n) is 2.41. The largest absolute Gasteiger partial charge is 0.416 e. The average molecular weight is 325 g/mol. The molecule has 0 aliphatic heterocycles. The highest BCUT2D eigenvalue weighted by Crippen LogP contribution is 2.37. The van der Waals surface area contributed by atoms with Crippen molar-refractivity contribution in [2.45, 2.75) is 12.4 Å². The standard InChI is InChI=1S/C12H9F6N3O/c13-11(14,15)7-3-8(12(16,17)18)5-9(4-7)21-6-10(22)20-2-1-19/h3-5,21H,2,6H2,(H,20,22). The normalized spacial score (nSPS) is 11.7. The van der Waals surface area contributed by atoms with Crippen molar-refractivity contribution in [2.24, 2.45) is 0 Å². The molecule has 4 nitrogen and oxygen atoms in total. The summed E-state index contributed by atoms with van der Waals surface area (Å²) in [6.45, 7) is -0.892. The minimum absolute atomic E-state index is 0.0130. The van der Waals surface area contributed by atoms with Crippen LogP contribution in [0.3, 0.4) is 0 Å². The smallest absolute Gasteiger partial charge is 0.376 e. The summed E-state index contributed by atoms with van der Waals surface area (Å²) >= 11 is 0. The molecule has 22 heavy (non-hydrogen) atoms. The fourth-order valence-corrected chi connectivity index (χ4v) is 1.44. The van der Waals surface area contributed by atoms with Gasteiger partial charge >= 0.3 is 12.4 Å². The summed E-state index contributed by atoms with van der Waals surface area (Å²) in [7, 11) is 0. The van der Waals surface area contributed by atoms with Gasteiger partial charge in [-0.1, -0.05) is 0 Å². The summed E-state index contributed by atoms with van der Waals surface area (Å²) < 4.78 is 75.5. The van der Waals surface area contributed by atoms with Crippen molar-refractivity contribution >= 4 is 11.6 Å². The lowest BCUT2D eigenvalue weighted by Gasteiger charge is -2.15. The number of amides is 1. The second-order valence-electron chi connectivity index (χ2n) is 4.08. The molecule has 0 saturated heterocycles. The number of nitriles is 1. The number of hydrogen-bond donors (Lipinski definition) is 2. The van der Waals surface area contributed by atoms with Crippen LogP contribution < -0.4 is 10.6 Å². The maximum Gasteiger partial charge on any atom is 0.416 e. The molecule has 1 aromatic rings. The Morgan fingerprint density at radius 1 is 1.05 bits per heavy atom. The van der Waals surface area contributed by atoms with Crippen LogP contribution in [-0.2, 0) is 17.1 Å². The summed E-state index contributed by atoms with van der Waals surface area (Å²) in [4.78, 5) is 11.2. The molecule has 1 amide bonds. The Morgan fingerprint density at radius 3 is 1.95 bits per heavy atom. The molecule has 120 valence electrons. The van der Waals surface area contributed by atoms with Crippen molar-refractivity contribution in [3.8, 4) is 6.07 Å². The van der Waals surface area contributed by atoms with E-state index < -0.39 is 41.6 Å². The predicted octanol–water partition coefficient (Wildman–Crippen LogP) is 2.78. The molecule has 0 unspecified atom stereocenters. The number of carbonyl (C=O) groups is 1. The summed E-state index contributed by atoms with van der Waals surface area (Å²) in [5.41, 5.74) is -3.47. The third-order valence-corrected chi connectivity index (χ3v) is 2.41. The summed E-state index contributed by atoms with van der Waals surface area (Å²) in [6, 6.07) is 2.51. The Labute approximate surface area is 120 Å². The van der Waals surface area contributed by atoms with E-state index in [4.69, 9.17) is 5.26 Å². The highest BCUT2D eigenvalue weighted by Gasteiger charge is 2.36. The Hall–Kier alpha value is -2.44. The van der Waals surface area contributed by atoms with Gasteiger partial charge in [0.05, 0.1) is 23.7 Å². The van der Waals surface area contributed by atoms with Crippen LogP contribution in [0.5, 0.6) is 0 Å². The Bertz CT molecular complexity index is 556. The molecule has 0 aromatic heterocycles. The second-order valence-corrected chi connectivity index (χ2v) is 4.08. The first kappa shape index (κ1) is 17.6. The van der Waals surface area contributed by atoms with E-state index in [0.29, 0.717) is 12.1 Å². The second kappa shape index (κ2) is 6.55. The van der Waals surface area contributed by atoms with Gasteiger partial charge in [-0.05, 0) is 18.2 Å². The average Bonchev–Trinajstić information content (AvgIpc) is 2.40. The van der Waals surface area contributed by atoms with Gasteiger partial charge in [0.2, 0.25) is 5.91 Å². The monoisotopic (exact) mass is 325 g/mol. The van der Waals surface area contributed by atoms with Gasteiger partial charge in [-0.2, -0.15) is 31.6 Å². The highest BCUT2D eigenvalue weighted by atomic mass is 19.4. The zero-order chi connectivity index (χ0) is 17.0. The summed E-state index contributed by atoms with van der Waals surface area (Å²) in [5, 5.41) is 12.5. The Balaban J connectivity index is 2.99. The van der Waals surface area contributed by atoms with E-state index in [0.717, 1.165) is 0 Å². The number of alkyl halides is 6. The fraction of sp³-hybridized carbons (Fsp3) is 0.333. The molecule has 0 heterocycles. The number of hydrogen-bond acceptors (Lipinski definition) is 3. The molecule has 10 heteroatoms. The van der Waals surface area contributed by atoms with Gasteiger partial charge in [0.25, 0.3) is 0 Å². The van der Waals surface area contributed by atoms with Crippen LogP contribution in [0, 0.1) is 11.3 Å². The molecular weight excluding hydrogens is 316 g/mol. The Kier molecular flexibility index (Phi) is 5.24. The van der Waals surface area contributed by atoms with Crippen molar-refractivity contribution in [1.29, 1.82) is 5.26 Å². The summed E-state index contributed by atoms with van der Waals surface area (Å²) in [6.07, 6.45) is -9.92. The SMILES string of the molecule is N#CCNC(=O)CNc1cc(C(F)(F)F)cc(C(F)(F)F)c1. The van der Waals surface area contributed by atoms with Crippen molar-refractivity contribution < 1.29 is 31.1 Å². The molecular formula is C12H9F6N3O. The lowest BCUT2D eigenvalue weighted by atomic mass is 10.1. The van der Waals surface area contributed by atoms with Crippen molar-refractivity contribution in [1.82, 2.24) is 5.32 Å². The number of halogens is 6. The topological polar surface area (TPSA) is 64.9 Å². The van der Waals surface area contributed by atoms with Gasteiger partial charge in [-0.25, -0.2) is 0 Å². The van der Waals surface area contributed by atoms with Crippen molar-refractivity contribution in [3.63, 3.8) is 0 Å². The number of nitrogens with zero attached hydrogens (tertiary/aromatic N) is 1. The molecule has 0 atom stereocenters. The van der Waals surface area contributed by atoms with Crippen LogP contribution in [0.4, 0.5) is 32.0 Å². The Morgan fingerprint density at radius 2 is 1.55 bits per heavy atom. The van der Waals surface area contributed by atoms with Gasteiger partial charge in [-0.15, -0.1) is 0 Å². The number of anilines is 1. The van der Waals surface area contributed by atoms with Gasteiger partial charge < -0.3 is 10.6 Å². The zero-order valence-corrected chi connectivity index (χ0v) is 10.8. The lowest BCUT2D eigenvalue weighted by molar-refractivity contribution is -0.143. The van der Waals surface area contributed by atoms with Crippen LogP contribution in [0.15, 0.2) is 18.2 Å². The van der Waals surface area contributed by atoms with E-state index in [1.54, 1.807) is 6.07 Å². The first-order valence-corrected chi connectivity index (χ1v) is 5.71. The molecule has 0 bridgehead atoms. The number of benzene rings is 1. The van der Waals surface area contributed by atoms with Crippen molar-refractivity contribution in [3.05, 3.63) is 29.3 Å². The molecule has 0 aliphatic rings. The van der Waals surface area contributed by atoms with E-state index in [1.807, 2.05) is 0 Å². The number of carbonyl (C=O) groups excluding carboxylic acids is 1. The molecule has 0 fully saturated rings. The van der Waals surface area contributed by atoms with Gasteiger partial charge in [-0.3, -0.25) is 4.79 Å². The van der Waals surface area contributed by atoms with E-state index in [9.17, 15) is 31.1 Å². The first-order valence-electron chi connectivity index (χ1n) is 5.71. The highest BCUT2D eigenvalue weighted by molar-refractivity contribution is 5.80. The van der Waals surface area contributed by atoms with Crippen LogP contribution in [-0.4, -0.2) is 19.0 Å². The van der Waals surface area contributed by atoms with Gasteiger partial charge in [0, 0.05) is 5.69 Å². The van der Waals surface area contributed by atoms with Crippen LogP contribution in [0.1, 0.15) is 11.1 Å². The van der Waals surface area contributed by atoms with Gasteiger partial charge in [0.1, 0.15) is 6.54 Å². The van der Waals surface area contributed by atoms with Gasteiger partial charge in [0.15, 0.2) is 0 Å². The van der Waals surface area contributed by atoms with E-state index in [1.165, 1.54) is 0 Å². The quantitative estimate of drug-likeness (QED) is 0.661. The molecule has 1 rings (SSSR count). The van der Waals surface area contributed by atoms with Crippen LogP contribution in [0.25, 0.3) is 0 Å². The van der Waals surface area contributed by atoms with E-state index >= 15 is 0 Å². The zero-order valence-electron chi connectivity index (χ0n) is 10.8. The molecule has 0 radical (unpaired) electrons. The predicted molar refractivity (Wildman–Crippen MR) is 63.6 cm³/mol. The number of nitrogens with one attached hydrogen (secondary N) is 2. The van der Waals surface area contributed by atoms with Crippen LogP contribution >= 0.6 is 0 Å². The number of rotatable bonds is 4. The third kappa shape index (κ3) is 5.16. The van der Waals surface area contributed by atoms with E-state index in [2.05, 4.69) is 10.6 Å². The van der Waals surface area contributed by atoms with Crippen molar-refractivity contribution in [2.75, 3.05) is 18.4 Å². The first-order chi connectivity index (χ1) is 10.0. The minimum Gasteiger partial charge on any atom is -0.376 e. The molecule has 0 spiro atoms. The van der Waals surface area contributed by atoms with E-state index in [-0.39, 0.29) is 12.6 Å².